The van der Waals surface area contributed by atoms with Crippen molar-refractivity contribution in [1.29, 1.82) is 0 Å². The van der Waals surface area contributed by atoms with Crippen LogP contribution in [0.5, 0.6) is 0 Å². The van der Waals surface area contributed by atoms with E-state index >= 15 is 0 Å². The van der Waals surface area contributed by atoms with Crippen LogP contribution >= 0.6 is 11.6 Å². The van der Waals surface area contributed by atoms with Gasteiger partial charge in [-0.15, -0.1) is 5.10 Å². The molecule has 3 rings (SSSR count). The summed E-state index contributed by atoms with van der Waals surface area (Å²) in [6.45, 7) is 3.37. The molecule has 0 radical (unpaired) electrons. The van der Waals surface area contributed by atoms with Gasteiger partial charge in [0, 0.05) is 31.2 Å². The van der Waals surface area contributed by atoms with Gasteiger partial charge in [-0.2, -0.15) is 0 Å². The Hall–Kier alpha value is -2.61. The van der Waals surface area contributed by atoms with E-state index in [1.807, 2.05) is 19.1 Å². The van der Waals surface area contributed by atoms with Crippen molar-refractivity contribution in [2.24, 2.45) is 0 Å². The van der Waals surface area contributed by atoms with Gasteiger partial charge in [0.25, 0.3) is 5.91 Å². The van der Waals surface area contributed by atoms with Gasteiger partial charge in [-0.1, -0.05) is 23.7 Å². The lowest BCUT2D eigenvalue weighted by Crippen LogP contribution is -2.42. The molecule has 0 aliphatic carbocycles. The number of carbonyl (C=O) groups excluding carboxylic acids is 2. The van der Waals surface area contributed by atoms with Gasteiger partial charge < -0.3 is 10.2 Å². The minimum atomic E-state index is -0.444. The Morgan fingerprint density at radius 1 is 1.24 bits per heavy atom. The lowest BCUT2D eigenvalue weighted by atomic mass is 10.2. The Bertz CT molecular complexity index is 856. The lowest BCUT2D eigenvalue weighted by molar-refractivity contribution is -0.122. The zero-order chi connectivity index (χ0) is 18.0. The van der Waals surface area contributed by atoms with E-state index in [2.05, 4.69) is 10.4 Å². The van der Waals surface area contributed by atoms with Crippen molar-refractivity contribution in [1.82, 2.24) is 24.6 Å². The molecular formula is C16H18ClN5O3. The highest BCUT2D eigenvalue weighted by atomic mass is 35.5. The Labute approximate surface area is 149 Å². The molecule has 9 heteroatoms. The number of carbonyl (C=O) groups is 2. The number of amides is 2. The molecule has 1 aromatic carbocycles. The van der Waals surface area contributed by atoms with Gasteiger partial charge in [-0.05, 0) is 24.6 Å². The summed E-state index contributed by atoms with van der Waals surface area (Å²) >= 11 is 5.81. The molecule has 0 fully saturated rings. The first-order valence-corrected chi connectivity index (χ1v) is 8.35. The number of aromatic nitrogens is 3. The van der Waals surface area contributed by atoms with Crippen molar-refractivity contribution in [3.63, 3.8) is 0 Å². The van der Waals surface area contributed by atoms with Crippen molar-refractivity contribution >= 4 is 23.4 Å². The van der Waals surface area contributed by atoms with Gasteiger partial charge in [-0.25, -0.2) is 9.48 Å². The molecule has 8 nitrogen and oxygen atoms in total. The predicted molar refractivity (Wildman–Crippen MR) is 91.4 cm³/mol. The molecule has 0 saturated carbocycles. The molecular weight excluding hydrogens is 346 g/mol. The van der Waals surface area contributed by atoms with E-state index < -0.39 is 5.69 Å². The molecule has 0 unspecified atom stereocenters. The Morgan fingerprint density at radius 2 is 1.96 bits per heavy atom. The van der Waals surface area contributed by atoms with Crippen LogP contribution in [0.15, 0.2) is 29.1 Å². The van der Waals surface area contributed by atoms with Crippen molar-refractivity contribution in [2.75, 3.05) is 13.1 Å². The first-order chi connectivity index (χ1) is 12.0. The number of hydrogen-bond donors (Lipinski definition) is 1. The van der Waals surface area contributed by atoms with E-state index in [1.54, 1.807) is 17.0 Å². The first-order valence-electron chi connectivity index (χ1n) is 7.97. The van der Waals surface area contributed by atoms with Gasteiger partial charge in [0.15, 0.2) is 0 Å². The van der Waals surface area contributed by atoms with Crippen LogP contribution in [-0.2, 0) is 24.4 Å². The van der Waals surface area contributed by atoms with Crippen LogP contribution < -0.4 is 11.0 Å². The van der Waals surface area contributed by atoms with E-state index in [4.69, 9.17) is 11.6 Å². The molecule has 0 atom stereocenters. The van der Waals surface area contributed by atoms with Crippen molar-refractivity contribution in [2.45, 2.75) is 26.6 Å². The van der Waals surface area contributed by atoms with Crippen molar-refractivity contribution < 1.29 is 9.59 Å². The molecule has 0 saturated heterocycles. The zero-order valence-corrected chi connectivity index (χ0v) is 14.5. The third kappa shape index (κ3) is 3.58. The Morgan fingerprint density at radius 3 is 2.64 bits per heavy atom. The average Bonchev–Trinajstić information content (AvgIpc) is 2.92. The maximum atomic E-state index is 12.3. The van der Waals surface area contributed by atoms with E-state index in [-0.39, 0.29) is 24.2 Å². The number of rotatable bonds is 5. The molecule has 2 heterocycles. The number of nitrogens with one attached hydrogen (secondary N) is 1. The molecule has 1 N–H and O–H groups in total. The SMILES string of the molecule is CCN1CCn2c(nn(CC(=O)NCc3ccc(Cl)cc3)c2=O)C1=O. The molecule has 1 aromatic heterocycles. The summed E-state index contributed by atoms with van der Waals surface area (Å²) in [5.41, 5.74) is 0.448. The smallest absolute Gasteiger partial charge is 0.346 e. The molecule has 0 bridgehead atoms. The number of benzene rings is 1. The molecule has 2 amide bonds. The second kappa shape index (κ2) is 7.10. The molecule has 1 aliphatic heterocycles. The monoisotopic (exact) mass is 363 g/mol. The average molecular weight is 364 g/mol. The second-order valence-electron chi connectivity index (χ2n) is 5.70. The second-order valence-corrected chi connectivity index (χ2v) is 6.14. The highest BCUT2D eigenvalue weighted by molar-refractivity contribution is 6.30. The minimum absolute atomic E-state index is 0.0867. The van der Waals surface area contributed by atoms with E-state index in [1.165, 1.54) is 4.57 Å². The van der Waals surface area contributed by atoms with Gasteiger partial charge >= 0.3 is 5.69 Å². The zero-order valence-electron chi connectivity index (χ0n) is 13.7. The molecule has 132 valence electrons. The van der Waals surface area contributed by atoms with Crippen LogP contribution in [0.4, 0.5) is 0 Å². The van der Waals surface area contributed by atoms with Gasteiger partial charge in [0.1, 0.15) is 6.54 Å². The van der Waals surface area contributed by atoms with E-state index in [0.717, 1.165) is 10.2 Å². The maximum Gasteiger partial charge on any atom is 0.346 e. The van der Waals surface area contributed by atoms with Crippen LogP contribution in [-0.4, -0.2) is 44.2 Å². The fourth-order valence-electron chi connectivity index (χ4n) is 2.66. The first kappa shape index (κ1) is 17.2. The summed E-state index contributed by atoms with van der Waals surface area (Å²) in [7, 11) is 0. The Balaban J connectivity index is 1.67. The van der Waals surface area contributed by atoms with Crippen LogP contribution in [0.25, 0.3) is 0 Å². The van der Waals surface area contributed by atoms with Gasteiger partial charge in [-0.3, -0.25) is 14.2 Å². The largest absolute Gasteiger partial charge is 0.350 e. The summed E-state index contributed by atoms with van der Waals surface area (Å²) in [4.78, 5) is 38.2. The fourth-order valence-corrected chi connectivity index (χ4v) is 2.79. The summed E-state index contributed by atoms with van der Waals surface area (Å²) in [5.74, 6) is -0.554. The third-order valence-corrected chi connectivity index (χ3v) is 4.32. The van der Waals surface area contributed by atoms with Gasteiger partial charge in [0.05, 0.1) is 0 Å². The van der Waals surface area contributed by atoms with Crippen LogP contribution in [0.1, 0.15) is 23.1 Å². The standard InChI is InChI=1S/C16H18ClN5O3/c1-2-20-7-8-21-14(15(20)24)19-22(16(21)25)10-13(23)18-9-11-3-5-12(17)6-4-11/h3-6H,2,7-10H2,1H3,(H,18,23). The quantitative estimate of drug-likeness (QED) is 0.837. The Kier molecular flexibility index (Phi) is 4.89. The highest BCUT2D eigenvalue weighted by Gasteiger charge is 2.28. The number of nitrogens with zero attached hydrogens (tertiary/aromatic N) is 4. The number of hydrogen-bond acceptors (Lipinski definition) is 4. The minimum Gasteiger partial charge on any atom is -0.350 e. The summed E-state index contributed by atoms with van der Waals surface area (Å²) in [6, 6.07) is 7.09. The molecule has 25 heavy (non-hydrogen) atoms. The molecule has 0 spiro atoms. The van der Waals surface area contributed by atoms with Gasteiger partial charge in [0.2, 0.25) is 11.7 Å². The topological polar surface area (TPSA) is 89.2 Å². The normalized spacial score (nSPS) is 13.7. The summed E-state index contributed by atoms with van der Waals surface area (Å²) < 4.78 is 2.35. The lowest BCUT2D eigenvalue weighted by Gasteiger charge is -2.24. The number of fused-ring (bicyclic) bond motifs is 1. The van der Waals surface area contributed by atoms with E-state index in [0.29, 0.717) is 31.2 Å². The van der Waals surface area contributed by atoms with Crippen LogP contribution in [0.3, 0.4) is 0 Å². The molecule has 2 aromatic rings. The summed E-state index contributed by atoms with van der Waals surface area (Å²) in [5, 5.41) is 7.37. The number of halogens is 1. The van der Waals surface area contributed by atoms with Crippen molar-refractivity contribution in [3.8, 4) is 0 Å². The van der Waals surface area contributed by atoms with E-state index in [9.17, 15) is 14.4 Å². The van der Waals surface area contributed by atoms with Crippen LogP contribution in [0.2, 0.25) is 5.02 Å². The maximum absolute atomic E-state index is 12.3. The summed E-state index contributed by atoms with van der Waals surface area (Å²) in [6.07, 6.45) is 0. The van der Waals surface area contributed by atoms with Crippen molar-refractivity contribution in [3.05, 3.63) is 51.2 Å². The van der Waals surface area contributed by atoms with Crippen LogP contribution in [0, 0.1) is 0 Å². The molecule has 1 aliphatic rings. The third-order valence-electron chi connectivity index (χ3n) is 4.07. The fraction of sp³-hybridized carbons (Fsp3) is 0.375. The highest BCUT2D eigenvalue weighted by Crippen LogP contribution is 2.09. The number of likely N-dealkylation sites (N-methyl/N-ethyl adjacent to an activating group) is 1. The predicted octanol–water partition coefficient (Wildman–Crippen LogP) is 0.490.